The van der Waals surface area contributed by atoms with Gasteiger partial charge in [0.2, 0.25) is 10.0 Å². The number of nitrogens with zero attached hydrogens (tertiary/aromatic N) is 2. The minimum atomic E-state index is -3.40. The fourth-order valence-electron chi connectivity index (χ4n) is 2.46. The average molecular weight is 298 g/mol. The molecule has 0 spiro atoms. The first kappa shape index (κ1) is 14.9. The van der Waals surface area contributed by atoms with Crippen molar-refractivity contribution < 1.29 is 13.3 Å². The van der Waals surface area contributed by atoms with Gasteiger partial charge in [-0.1, -0.05) is 19.1 Å². The summed E-state index contributed by atoms with van der Waals surface area (Å²) in [5.41, 5.74) is 0.377. The van der Waals surface area contributed by atoms with Gasteiger partial charge in [0.1, 0.15) is 0 Å². The summed E-state index contributed by atoms with van der Waals surface area (Å²) in [6.07, 6.45) is 1.91. The highest BCUT2D eigenvalue weighted by atomic mass is 32.2. The SMILES string of the molecule is C[C@H]1CCCN(S(=O)(=O)Cc2cccc([N+](=O)[O-])c2)C1. The summed E-state index contributed by atoms with van der Waals surface area (Å²) in [6.45, 7) is 3.12. The Morgan fingerprint density at radius 1 is 1.45 bits per heavy atom. The largest absolute Gasteiger partial charge is 0.269 e. The second-order valence-corrected chi connectivity index (χ2v) is 7.26. The molecule has 6 nitrogen and oxygen atoms in total. The van der Waals surface area contributed by atoms with Crippen LogP contribution in [0, 0.1) is 16.0 Å². The predicted molar refractivity (Wildman–Crippen MR) is 75.7 cm³/mol. The topological polar surface area (TPSA) is 80.5 Å². The van der Waals surface area contributed by atoms with Crippen LogP contribution in [0.15, 0.2) is 24.3 Å². The van der Waals surface area contributed by atoms with Crippen molar-refractivity contribution in [3.63, 3.8) is 0 Å². The van der Waals surface area contributed by atoms with Gasteiger partial charge in [0, 0.05) is 25.2 Å². The zero-order valence-corrected chi connectivity index (χ0v) is 12.2. The van der Waals surface area contributed by atoms with Crippen LogP contribution < -0.4 is 0 Å². The Morgan fingerprint density at radius 2 is 2.20 bits per heavy atom. The Balaban J connectivity index is 2.15. The molecule has 20 heavy (non-hydrogen) atoms. The highest BCUT2D eigenvalue weighted by molar-refractivity contribution is 7.88. The van der Waals surface area contributed by atoms with Crippen molar-refractivity contribution >= 4 is 15.7 Å². The molecule has 0 N–H and O–H groups in total. The number of nitro groups is 1. The molecule has 0 aromatic heterocycles. The molecule has 1 aliphatic heterocycles. The summed E-state index contributed by atoms with van der Waals surface area (Å²) in [7, 11) is -3.40. The monoisotopic (exact) mass is 298 g/mol. The van der Waals surface area contributed by atoms with Crippen LogP contribution in [0.2, 0.25) is 0 Å². The van der Waals surface area contributed by atoms with Crippen molar-refractivity contribution in [3.8, 4) is 0 Å². The molecule has 1 aromatic carbocycles. The van der Waals surface area contributed by atoms with E-state index in [0.717, 1.165) is 12.8 Å². The summed E-state index contributed by atoms with van der Waals surface area (Å²) < 4.78 is 26.2. The average Bonchev–Trinajstić information content (AvgIpc) is 2.38. The van der Waals surface area contributed by atoms with Gasteiger partial charge in [-0.25, -0.2) is 12.7 Å². The quantitative estimate of drug-likeness (QED) is 0.630. The third kappa shape index (κ3) is 3.55. The van der Waals surface area contributed by atoms with Crippen LogP contribution in [0.5, 0.6) is 0 Å². The van der Waals surface area contributed by atoms with E-state index in [4.69, 9.17) is 0 Å². The Labute approximate surface area is 118 Å². The zero-order chi connectivity index (χ0) is 14.8. The van der Waals surface area contributed by atoms with Crippen LogP contribution >= 0.6 is 0 Å². The van der Waals surface area contributed by atoms with E-state index >= 15 is 0 Å². The Bertz CT molecular complexity index is 600. The summed E-state index contributed by atoms with van der Waals surface area (Å²) in [5, 5.41) is 10.7. The number of rotatable bonds is 4. The fraction of sp³-hybridized carbons (Fsp3) is 0.538. The first-order valence-corrected chi connectivity index (χ1v) is 8.20. The fourth-order valence-corrected chi connectivity index (χ4v) is 4.13. The molecule has 1 heterocycles. The summed E-state index contributed by atoms with van der Waals surface area (Å²) in [6, 6.07) is 5.81. The molecule has 0 unspecified atom stereocenters. The maximum atomic E-state index is 12.3. The molecule has 1 saturated heterocycles. The lowest BCUT2D eigenvalue weighted by Crippen LogP contribution is -2.39. The number of sulfonamides is 1. The third-order valence-corrected chi connectivity index (χ3v) is 5.30. The van der Waals surface area contributed by atoms with Crippen LogP contribution in [-0.4, -0.2) is 30.7 Å². The van der Waals surface area contributed by atoms with Crippen molar-refractivity contribution in [2.45, 2.75) is 25.5 Å². The molecule has 1 aliphatic rings. The van der Waals surface area contributed by atoms with Gasteiger partial charge in [0.25, 0.3) is 5.69 Å². The first-order valence-electron chi connectivity index (χ1n) is 6.59. The van der Waals surface area contributed by atoms with Crippen LogP contribution in [0.1, 0.15) is 25.3 Å². The number of nitro benzene ring substituents is 1. The summed E-state index contributed by atoms with van der Waals surface area (Å²) in [5.74, 6) is 0.185. The van der Waals surface area contributed by atoms with Crippen molar-refractivity contribution in [1.82, 2.24) is 4.31 Å². The molecule has 110 valence electrons. The van der Waals surface area contributed by atoms with Gasteiger partial charge in [-0.2, -0.15) is 0 Å². The van der Waals surface area contributed by atoms with Crippen molar-refractivity contribution in [3.05, 3.63) is 39.9 Å². The van der Waals surface area contributed by atoms with Crippen LogP contribution in [-0.2, 0) is 15.8 Å². The van der Waals surface area contributed by atoms with Crippen LogP contribution in [0.3, 0.4) is 0 Å². The van der Waals surface area contributed by atoms with Gasteiger partial charge in [-0.3, -0.25) is 10.1 Å². The molecule has 0 saturated carbocycles. The van der Waals surface area contributed by atoms with Crippen LogP contribution in [0.25, 0.3) is 0 Å². The lowest BCUT2D eigenvalue weighted by Gasteiger charge is -2.30. The molecule has 0 aliphatic carbocycles. The third-order valence-electron chi connectivity index (χ3n) is 3.48. The lowest BCUT2D eigenvalue weighted by atomic mass is 10.0. The van der Waals surface area contributed by atoms with E-state index in [1.54, 1.807) is 6.07 Å². The van der Waals surface area contributed by atoms with Gasteiger partial charge in [-0.05, 0) is 24.3 Å². The van der Waals surface area contributed by atoms with Gasteiger partial charge in [0.15, 0.2) is 0 Å². The molecule has 0 amide bonds. The molecule has 2 rings (SSSR count). The minimum Gasteiger partial charge on any atom is -0.258 e. The van der Waals surface area contributed by atoms with Gasteiger partial charge in [0.05, 0.1) is 10.7 Å². The lowest BCUT2D eigenvalue weighted by molar-refractivity contribution is -0.384. The second kappa shape index (κ2) is 5.88. The maximum absolute atomic E-state index is 12.3. The number of hydrogen-bond donors (Lipinski definition) is 0. The van der Waals surface area contributed by atoms with Gasteiger partial charge >= 0.3 is 0 Å². The zero-order valence-electron chi connectivity index (χ0n) is 11.4. The second-order valence-electron chi connectivity index (χ2n) is 5.29. The number of non-ortho nitro benzene ring substituents is 1. The molecule has 1 aromatic rings. The Hall–Kier alpha value is -1.47. The summed E-state index contributed by atoms with van der Waals surface area (Å²) in [4.78, 5) is 10.2. The molecule has 1 atom stereocenters. The smallest absolute Gasteiger partial charge is 0.258 e. The van der Waals surface area contributed by atoms with Crippen molar-refractivity contribution in [2.75, 3.05) is 13.1 Å². The first-order chi connectivity index (χ1) is 9.38. The molecule has 7 heteroatoms. The standard InChI is InChI=1S/C13H18N2O4S/c1-11-4-3-7-14(9-11)20(18,19)10-12-5-2-6-13(8-12)15(16)17/h2,5-6,8,11H,3-4,7,9-10H2,1H3/t11-/m0/s1. The van der Waals surface area contributed by atoms with E-state index in [1.165, 1.54) is 22.5 Å². The summed E-state index contributed by atoms with van der Waals surface area (Å²) >= 11 is 0. The molecular weight excluding hydrogens is 280 g/mol. The Kier molecular flexibility index (Phi) is 4.39. The van der Waals surface area contributed by atoms with E-state index in [0.29, 0.717) is 24.6 Å². The van der Waals surface area contributed by atoms with Crippen molar-refractivity contribution in [2.24, 2.45) is 5.92 Å². The van der Waals surface area contributed by atoms with Crippen molar-refractivity contribution in [1.29, 1.82) is 0 Å². The molecule has 1 fully saturated rings. The maximum Gasteiger partial charge on any atom is 0.269 e. The normalized spacial score (nSPS) is 20.8. The highest BCUT2D eigenvalue weighted by Crippen LogP contribution is 2.22. The highest BCUT2D eigenvalue weighted by Gasteiger charge is 2.27. The van der Waals surface area contributed by atoms with Gasteiger partial charge in [-0.15, -0.1) is 0 Å². The number of hydrogen-bond acceptors (Lipinski definition) is 4. The minimum absolute atomic E-state index is 0.0790. The van der Waals surface area contributed by atoms with E-state index in [2.05, 4.69) is 0 Å². The van der Waals surface area contributed by atoms with Crippen LogP contribution in [0.4, 0.5) is 5.69 Å². The van der Waals surface area contributed by atoms with E-state index in [1.807, 2.05) is 6.92 Å². The number of benzene rings is 1. The molecular formula is C13H18N2O4S. The predicted octanol–water partition coefficient (Wildman–Crippen LogP) is 2.16. The van der Waals surface area contributed by atoms with Gasteiger partial charge < -0.3 is 0 Å². The number of piperidine rings is 1. The van der Waals surface area contributed by atoms with E-state index < -0.39 is 14.9 Å². The van der Waals surface area contributed by atoms with E-state index in [9.17, 15) is 18.5 Å². The Morgan fingerprint density at radius 3 is 2.85 bits per heavy atom. The molecule has 0 bridgehead atoms. The molecule has 0 radical (unpaired) electrons. The van der Waals surface area contributed by atoms with E-state index in [-0.39, 0.29) is 11.4 Å².